The third kappa shape index (κ3) is 4.97. The van der Waals surface area contributed by atoms with Crippen LogP contribution in [0, 0.1) is 0 Å². The molecular weight excluding hydrogens is 430 g/mol. The highest BCUT2D eigenvalue weighted by Crippen LogP contribution is 2.33. The number of hydrogen-bond donors (Lipinski definition) is 1. The van der Waals surface area contributed by atoms with Gasteiger partial charge in [0, 0.05) is 0 Å². The van der Waals surface area contributed by atoms with Crippen molar-refractivity contribution in [1.29, 1.82) is 0 Å². The van der Waals surface area contributed by atoms with Crippen LogP contribution < -0.4 is 15.2 Å². The summed E-state index contributed by atoms with van der Waals surface area (Å²) in [6.45, 7) is 1.35. The molecule has 1 saturated carbocycles. The molecule has 0 radical (unpaired) electrons. The van der Waals surface area contributed by atoms with Gasteiger partial charge in [0.25, 0.3) is 0 Å². The average molecular weight is 460 g/mol. The van der Waals surface area contributed by atoms with Crippen LogP contribution in [0.15, 0.2) is 54.9 Å². The van der Waals surface area contributed by atoms with E-state index >= 15 is 0 Å². The maximum atomic E-state index is 6.25. The fourth-order valence-electron chi connectivity index (χ4n) is 4.31. The minimum Gasteiger partial charge on any atom is -0.493 e. The van der Waals surface area contributed by atoms with Crippen LogP contribution in [0.3, 0.4) is 0 Å². The van der Waals surface area contributed by atoms with Gasteiger partial charge in [-0.3, -0.25) is 0 Å². The summed E-state index contributed by atoms with van der Waals surface area (Å²) in [7, 11) is 1.67. The molecule has 0 aromatic heterocycles. The van der Waals surface area contributed by atoms with E-state index in [0.29, 0.717) is 42.9 Å². The van der Waals surface area contributed by atoms with E-state index in [1.807, 2.05) is 53.1 Å². The van der Waals surface area contributed by atoms with Gasteiger partial charge in [-0.05, 0) is 48.9 Å². The first-order valence-electron chi connectivity index (χ1n) is 11.6. The van der Waals surface area contributed by atoms with Crippen molar-refractivity contribution in [3.63, 3.8) is 0 Å². The summed E-state index contributed by atoms with van der Waals surface area (Å²) in [5.41, 5.74) is 8.84. The molecule has 2 aromatic rings. The fourth-order valence-corrected chi connectivity index (χ4v) is 4.31. The molecule has 2 aromatic carbocycles. The standard InChI is InChI=1S/C26H29N5O3/c1-32-21-12-11-19(13-22(21)34-20-9-5-6-10-20)14-31-17-28-25(27)24-26(31)30-23(29-24)16-33-15-18-7-3-2-4-8-18/h2-4,7-8,11-13,17,20H,5-6,9-10,14-16,27H2,1H3. The molecule has 8 nitrogen and oxygen atoms in total. The summed E-state index contributed by atoms with van der Waals surface area (Å²) in [5, 5.41) is 0. The van der Waals surface area contributed by atoms with Crippen molar-refractivity contribution in [1.82, 2.24) is 19.5 Å². The zero-order valence-electron chi connectivity index (χ0n) is 19.3. The summed E-state index contributed by atoms with van der Waals surface area (Å²) < 4.78 is 19.5. The minimum absolute atomic E-state index is 0.251. The summed E-state index contributed by atoms with van der Waals surface area (Å²) in [4.78, 5) is 13.6. The van der Waals surface area contributed by atoms with Crippen molar-refractivity contribution in [2.24, 2.45) is 0 Å². The van der Waals surface area contributed by atoms with Gasteiger partial charge in [-0.2, -0.15) is 0 Å². The van der Waals surface area contributed by atoms with Crippen LogP contribution in [-0.4, -0.2) is 32.7 Å². The maximum Gasteiger partial charge on any atom is 0.166 e. The normalized spacial score (nSPS) is 14.0. The molecule has 0 saturated heterocycles. The van der Waals surface area contributed by atoms with Crippen LogP contribution in [0.2, 0.25) is 0 Å². The van der Waals surface area contributed by atoms with E-state index < -0.39 is 0 Å². The lowest BCUT2D eigenvalue weighted by Crippen LogP contribution is -2.12. The third-order valence-electron chi connectivity index (χ3n) is 6.06. The number of imidazole rings is 1. The van der Waals surface area contributed by atoms with E-state index in [-0.39, 0.29) is 6.10 Å². The van der Waals surface area contributed by atoms with Crippen LogP contribution in [-0.2, 0) is 24.5 Å². The highest BCUT2D eigenvalue weighted by atomic mass is 16.5. The Morgan fingerprint density at radius 1 is 0.971 bits per heavy atom. The van der Waals surface area contributed by atoms with E-state index in [2.05, 4.69) is 9.97 Å². The smallest absolute Gasteiger partial charge is 0.166 e. The van der Waals surface area contributed by atoms with Gasteiger partial charge in [0.05, 0.1) is 32.7 Å². The Morgan fingerprint density at radius 2 is 1.79 bits per heavy atom. The Labute approximate surface area is 199 Å². The van der Waals surface area contributed by atoms with Gasteiger partial charge in [-0.25, -0.2) is 15.0 Å². The van der Waals surface area contributed by atoms with Gasteiger partial charge in [0.15, 0.2) is 34.7 Å². The molecule has 8 heteroatoms. The molecule has 1 fully saturated rings. The van der Waals surface area contributed by atoms with Crippen LogP contribution >= 0.6 is 0 Å². The largest absolute Gasteiger partial charge is 0.493 e. The Morgan fingerprint density at radius 3 is 2.59 bits per heavy atom. The number of nitrogens with two attached hydrogens (primary N) is 1. The predicted octanol–water partition coefficient (Wildman–Crippen LogP) is 4.46. The number of fused-ring (bicyclic) bond motifs is 1. The SMILES string of the molecule is COc1ccc(Cn2cnc(N)c3nc(COCc4ccccc4)nc2-3)cc1OC1CCCC1. The van der Waals surface area contributed by atoms with Gasteiger partial charge in [-0.15, -0.1) is 0 Å². The second kappa shape index (κ2) is 10.1. The van der Waals surface area contributed by atoms with E-state index in [4.69, 9.17) is 24.9 Å². The molecule has 2 N–H and O–H groups in total. The topological polar surface area (TPSA) is 97.3 Å². The van der Waals surface area contributed by atoms with Crippen LogP contribution in [0.5, 0.6) is 11.5 Å². The first-order valence-corrected chi connectivity index (χ1v) is 11.6. The number of ether oxygens (including phenoxy) is 3. The van der Waals surface area contributed by atoms with E-state index in [9.17, 15) is 0 Å². The number of nitrogens with zero attached hydrogens (tertiary/aromatic N) is 4. The molecule has 5 rings (SSSR count). The molecule has 1 aliphatic carbocycles. The quantitative estimate of drug-likeness (QED) is 0.395. The summed E-state index contributed by atoms with van der Waals surface area (Å²) in [5.74, 6) is 3.13. The highest BCUT2D eigenvalue weighted by molar-refractivity contribution is 5.65. The van der Waals surface area contributed by atoms with Crippen molar-refractivity contribution in [3.8, 4) is 23.0 Å². The molecular formula is C26H29N5O3. The lowest BCUT2D eigenvalue weighted by Gasteiger charge is -2.17. The summed E-state index contributed by atoms with van der Waals surface area (Å²) >= 11 is 0. The lowest BCUT2D eigenvalue weighted by atomic mass is 10.2. The van der Waals surface area contributed by atoms with Crippen molar-refractivity contribution in [2.75, 3.05) is 12.8 Å². The van der Waals surface area contributed by atoms with Crippen LogP contribution in [0.25, 0.3) is 11.5 Å². The summed E-state index contributed by atoms with van der Waals surface area (Å²) in [6.07, 6.45) is 6.55. The second-order valence-electron chi connectivity index (χ2n) is 8.56. The fraction of sp³-hybridized carbons (Fsp3) is 0.346. The highest BCUT2D eigenvalue weighted by Gasteiger charge is 2.21. The van der Waals surface area contributed by atoms with Gasteiger partial charge in [-0.1, -0.05) is 36.4 Å². The van der Waals surface area contributed by atoms with Gasteiger partial charge in [0.1, 0.15) is 6.61 Å². The lowest BCUT2D eigenvalue weighted by molar-refractivity contribution is 0.102. The molecule has 0 spiro atoms. The van der Waals surface area contributed by atoms with Crippen molar-refractivity contribution >= 4 is 5.82 Å². The number of benzene rings is 2. The van der Waals surface area contributed by atoms with E-state index in [0.717, 1.165) is 35.5 Å². The second-order valence-corrected chi connectivity index (χ2v) is 8.56. The predicted molar refractivity (Wildman–Crippen MR) is 129 cm³/mol. The van der Waals surface area contributed by atoms with E-state index in [1.54, 1.807) is 13.4 Å². The van der Waals surface area contributed by atoms with Gasteiger partial charge in [0.2, 0.25) is 0 Å². The number of methoxy groups -OCH3 is 1. The maximum absolute atomic E-state index is 6.25. The molecule has 2 heterocycles. The molecule has 0 bridgehead atoms. The molecule has 0 unspecified atom stereocenters. The minimum atomic E-state index is 0.251. The number of nitrogen functional groups attached to an aromatic ring is 1. The van der Waals surface area contributed by atoms with Crippen molar-refractivity contribution in [3.05, 3.63) is 71.8 Å². The van der Waals surface area contributed by atoms with E-state index in [1.165, 1.54) is 12.8 Å². The number of anilines is 1. The number of aromatic nitrogens is 4. The Balaban J connectivity index is 1.34. The van der Waals surface area contributed by atoms with Gasteiger partial charge >= 0.3 is 0 Å². The van der Waals surface area contributed by atoms with Crippen LogP contribution in [0.1, 0.15) is 42.6 Å². The number of hydrogen-bond acceptors (Lipinski definition) is 7. The summed E-state index contributed by atoms with van der Waals surface area (Å²) in [6, 6.07) is 16.0. The van der Waals surface area contributed by atoms with Crippen molar-refractivity contribution in [2.45, 2.75) is 51.5 Å². The zero-order valence-corrected chi connectivity index (χ0v) is 19.3. The number of rotatable bonds is 9. The zero-order chi connectivity index (χ0) is 23.3. The molecule has 34 heavy (non-hydrogen) atoms. The first kappa shape index (κ1) is 22.2. The van der Waals surface area contributed by atoms with Crippen LogP contribution in [0.4, 0.5) is 5.82 Å². The molecule has 0 atom stereocenters. The Bertz CT molecular complexity index is 1200. The molecule has 2 aliphatic heterocycles. The first-order chi connectivity index (χ1) is 16.7. The molecule has 0 amide bonds. The Hall–Kier alpha value is -3.65. The Kier molecular flexibility index (Phi) is 6.58. The molecule has 176 valence electrons. The molecule has 3 aliphatic rings. The van der Waals surface area contributed by atoms with Gasteiger partial charge < -0.3 is 24.5 Å². The third-order valence-corrected chi connectivity index (χ3v) is 6.06. The van der Waals surface area contributed by atoms with Crippen molar-refractivity contribution < 1.29 is 14.2 Å². The monoisotopic (exact) mass is 459 g/mol. The average Bonchev–Trinajstić information content (AvgIpc) is 3.53.